The van der Waals surface area contributed by atoms with Crippen LogP contribution in [0.2, 0.25) is 0 Å². The molecule has 0 spiro atoms. The molecule has 0 aromatic carbocycles. The molecule has 8 heavy (non-hydrogen) atoms. The second-order valence-corrected chi connectivity index (χ2v) is 1.24. The molecule has 46 valence electrons. The summed E-state index contributed by atoms with van der Waals surface area (Å²) in [5.74, 6) is -0.516. The molecule has 1 N–H and O–H groups in total. The van der Waals surface area contributed by atoms with E-state index in [1.165, 1.54) is 6.92 Å². The minimum atomic E-state index is -1.16. The first-order valence-electron chi connectivity index (χ1n) is 2.14. The number of hydrogen-bond donors (Lipinski definition) is 1. The number of esters is 1. The average Bonchev–Trinajstić information content (AvgIpc) is 1.65. The van der Waals surface area contributed by atoms with Gasteiger partial charge in [-0.05, 0) is 6.08 Å². The zero-order valence-corrected chi connectivity index (χ0v) is 4.63. The fourth-order valence-corrected chi connectivity index (χ4v) is 0.218. The third kappa shape index (κ3) is 3.36. The van der Waals surface area contributed by atoms with E-state index in [2.05, 4.69) is 11.3 Å². The van der Waals surface area contributed by atoms with E-state index in [4.69, 9.17) is 5.11 Å². The van der Waals surface area contributed by atoms with Crippen LogP contribution in [0.25, 0.3) is 0 Å². The lowest BCUT2D eigenvalue weighted by Crippen LogP contribution is -2.11. The van der Waals surface area contributed by atoms with Gasteiger partial charge in [-0.3, -0.25) is 4.79 Å². The molecule has 0 aromatic heterocycles. The SMILES string of the molecule is C=CC(O)OC(C)=O. The fraction of sp³-hybridized carbons (Fsp3) is 0.400. The summed E-state index contributed by atoms with van der Waals surface area (Å²) in [6, 6.07) is 0. The van der Waals surface area contributed by atoms with Crippen molar-refractivity contribution in [1.82, 2.24) is 0 Å². The van der Waals surface area contributed by atoms with Crippen LogP contribution >= 0.6 is 0 Å². The Bertz CT molecular complexity index is 97.8. The van der Waals surface area contributed by atoms with Gasteiger partial charge in [-0.1, -0.05) is 6.58 Å². The normalized spacial score (nSPS) is 12.2. The summed E-state index contributed by atoms with van der Waals surface area (Å²) in [4.78, 5) is 9.98. The average molecular weight is 116 g/mol. The zero-order chi connectivity index (χ0) is 6.57. The van der Waals surface area contributed by atoms with E-state index in [1.54, 1.807) is 0 Å². The molecule has 0 aliphatic carbocycles. The number of carbonyl (C=O) groups excluding carboxylic acids is 1. The van der Waals surface area contributed by atoms with Gasteiger partial charge in [0, 0.05) is 6.92 Å². The number of aliphatic hydroxyl groups is 1. The number of rotatable bonds is 2. The van der Waals surface area contributed by atoms with Gasteiger partial charge in [-0.15, -0.1) is 0 Å². The van der Waals surface area contributed by atoms with Crippen LogP contribution in [0.5, 0.6) is 0 Å². The number of aliphatic hydroxyl groups excluding tert-OH is 1. The first-order chi connectivity index (χ1) is 3.66. The summed E-state index contributed by atoms with van der Waals surface area (Å²) in [5.41, 5.74) is 0. The quantitative estimate of drug-likeness (QED) is 0.315. The van der Waals surface area contributed by atoms with Crippen LogP contribution in [-0.4, -0.2) is 17.4 Å². The topological polar surface area (TPSA) is 46.5 Å². The van der Waals surface area contributed by atoms with Crippen molar-refractivity contribution in [2.24, 2.45) is 0 Å². The summed E-state index contributed by atoms with van der Waals surface area (Å²) in [6.07, 6.45) is -0.0333. The monoisotopic (exact) mass is 116 g/mol. The van der Waals surface area contributed by atoms with Crippen LogP contribution in [0, 0.1) is 0 Å². The van der Waals surface area contributed by atoms with Gasteiger partial charge < -0.3 is 9.84 Å². The van der Waals surface area contributed by atoms with Gasteiger partial charge in [0.2, 0.25) is 6.29 Å². The summed E-state index contributed by atoms with van der Waals surface area (Å²) in [6.45, 7) is 4.40. The predicted octanol–water partition coefficient (Wildman–Crippen LogP) is 0.0539. The van der Waals surface area contributed by atoms with E-state index >= 15 is 0 Å². The lowest BCUT2D eigenvalue weighted by molar-refractivity contribution is -0.157. The third-order valence-corrected chi connectivity index (χ3v) is 0.488. The summed E-state index contributed by atoms with van der Waals surface area (Å²) in [5, 5.41) is 8.47. The van der Waals surface area contributed by atoms with Gasteiger partial charge in [0.15, 0.2) is 0 Å². The first-order valence-corrected chi connectivity index (χ1v) is 2.14. The van der Waals surface area contributed by atoms with Crippen molar-refractivity contribution >= 4 is 5.97 Å². The van der Waals surface area contributed by atoms with Gasteiger partial charge in [0.05, 0.1) is 0 Å². The molecule has 1 unspecified atom stereocenters. The van der Waals surface area contributed by atoms with Crippen LogP contribution in [0.3, 0.4) is 0 Å². The highest BCUT2D eigenvalue weighted by Crippen LogP contribution is 1.85. The molecule has 0 rings (SSSR count). The molecular weight excluding hydrogens is 108 g/mol. The molecule has 0 saturated heterocycles. The molecule has 1 atom stereocenters. The van der Waals surface area contributed by atoms with Crippen molar-refractivity contribution in [2.75, 3.05) is 0 Å². The molecule has 0 amide bonds. The Balaban J connectivity index is 3.38. The molecule has 0 aliphatic heterocycles. The van der Waals surface area contributed by atoms with E-state index in [1.807, 2.05) is 0 Å². The fourth-order valence-electron chi connectivity index (χ4n) is 0.218. The molecular formula is C5H8O3. The lowest BCUT2D eigenvalue weighted by atomic mass is 10.6. The summed E-state index contributed by atoms with van der Waals surface area (Å²) in [7, 11) is 0. The van der Waals surface area contributed by atoms with Crippen molar-refractivity contribution in [2.45, 2.75) is 13.2 Å². The number of ether oxygens (including phenoxy) is 1. The van der Waals surface area contributed by atoms with E-state index in [0.717, 1.165) is 6.08 Å². The van der Waals surface area contributed by atoms with Crippen molar-refractivity contribution < 1.29 is 14.6 Å². The van der Waals surface area contributed by atoms with Gasteiger partial charge in [0.1, 0.15) is 0 Å². The Hall–Kier alpha value is -0.830. The standard InChI is InChI=1S/C5H8O3/c1-3-5(7)8-4(2)6/h3,5,7H,1H2,2H3. The lowest BCUT2D eigenvalue weighted by Gasteiger charge is -2.02. The van der Waals surface area contributed by atoms with Crippen molar-refractivity contribution in [3.63, 3.8) is 0 Å². The first kappa shape index (κ1) is 7.17. The van der Waals surface area contributed by atoms with E-state index in [0.29, 0.717) is 0 Å². The van der Waals surface area contributed by atoms with Crippen LogP contribution in [0.4, 0.5) is 0 Å². The Kier molecular flexibility index (Phi) is 2.88. The zero-order valence-electron chi connectivity index (χ0n) is 4.63. The van der Waals surface area contributed by atoms with E-state index < -0.39 is 12.3 Å². The van der Waals surface area contributed by atoms with Crippen molar-refractivity contribution in [3.05, 3.63) is 12.7 Å². The third-order valence-electron chi connectivity index (χ3n) is 0.488. The second kappa shape index (κ2) is 3.21. The minimum Gasteiger partial charge on any atom is -0.432 e. The Morgan fingerprint density at radius 2 is 2.50 bits per heavy atom. The summed E-state index contributed by atoms with van der Waals surface area (Å²) >= 11 is 0. The molecule has 0 heterocycles. The minimum absolute atomic E-state index is 0.516. The maximum absolute atomic E-state index is 9.98. The van der Waals surface area contributed by atoms with Gasteiger partial charge in [-0.25, -0.2) is 0 Å². The summed E-state index contributed by atoms with van der Waals surface area (Å²) < 4.78 is 4.20. The molecule has 3 heteroatoms. The van der Waals surface area contributed by atoms with Crippen LogP contribution in [-0.2, 0) is 9.53 Å². The van der Waals surface area contributed by atoms with E-state index in [9.17, 15) is 4.79 Å². The second-order valence-electron chi connectivity index (χ2n) is 1.24. The van der Waals surface area contributed by atoms with Gasteiger partial charge in [0.25, 0.3) is 0 Å². The highest BCUT2D eigenvalue weighted by atomic mass is 16.6. The maximum atomic E-state index is 9.98. The van der Waals surface area contributed by atoms with Gasteiger partial charge in [-0.2, -0.15) is 0 Å². The molecule has 0 radical (unpaired) electrons. The van der Waals surface area contributed by atoms with Crippen molar-refractivity contribution in [1.29, 1.82) is 0 Å². The molecule has 0 aromatic rings. The predicted molar refractivity (Wildman–Crippen MR) is 28.0 cm³/mol. The molecule has 3 nitrogen and oxygen atoms in total. The smallest absolute Gasteiger partial charge is 0.305 e. The largest absolute Gasteiger partial charge is 0.432 e. The van der Waals surface area contributed by atoms with Crippen LogP contribution in [0.1, 0.15) is 6.92 Å². The Morgan fingerprint density at radius 3 is 2.62 bits per heavy atom. The van der Waals surface area contributed by atoms with Crippen molar-refractivity contribution in [3.8, 4) is 0 Å². The maximum Gasteiger partial charge on any atom is 0.305 e. The van der Waals surface area contributed by atoms with Gasteiger partial charge >= 0.3 is 5.97 Å². The number of carbonyl (C=O) groups is 1. The Morgan fingerprint density at radius 1 is 2.00 bits per heavy atom. The Labute approximate surface area is 47.6 Å². The molecule has 0 bridgehead atoms. The molecule has 0 aliphatic rings. The molecule has 0 saturated carbocycles. The van der Waals surface area contributed by atoms with Crippen LogP contribution < -0.4 is 0 Å². The van der Waals surface area contributed by atoms with Crippen LogP contribution in [0.15, 0.2) is 12.7 Å². The number of hydrogen-bond acceptors (Lipinski definition) is 3. The highest BCUT2D eigenvalue weighted by Gasteiger charge is 1.98. The molecule has 0 fully saturated rings. The van der Waals surface area contributed by atoms with E-state index in [-0.39, 0.29) is 0 Å². The highest BCUT2D eigenvalue weighted by molar-refractivity contribution is 5.66.